The van der Waals surface area contributed by atoms with Gasteiger partial charge in [-0.15, -0.1) is 0 Å². The van der Waals surface area contributed by atoms with Crippen LogP contribution in [-0.4, -0.2) is 47.2 Å². The molecule has 1 amide bonds. The highest BCUT2D eigenvalue weighted by Crippen LogP contribution is 2.33. The molecule has 0 bridgehead atoms. The number of carbonyl (C=O) groups excluding carboxylic acids is 1. The Hall–Kier alpha value is -3.77. The van der Waals surface area contributed by atoms with E-state index in [4.69, 9.17) is 44.6 Å². The van der Waals surface area contributed by atoms with Crippen LogP contribution >= 0.6 is 35.4 Å². The van der Waals surface area contributed by atoms with Gasteiger partial charge in [-0.1, -0.05) is 23.2 Å². The zero-order valence-electron chi connectivity index (χ0n) is 19.6. The van der Waals surface area contributed by atoms with Crippen molar-refractivity contribution in [3.63, 3.8) is 0 Å². The summed E-state index contributed by atoms with van der Waals surface area (Å²) >= 11 is 17.6. The van der Waals surface area contributed by atoms with Crippen molar-refractivity contribution < 1.29 is 18.9 Å². The highest BCUT2D eigenvalue weighted by atomic mass is 35.5. The van der Waals surface area contributed by atoms with Gasteiger partial charge in [0.05, 0.1) is 28.7 Å². The summed E-state index contributed by atoms with van der Waals surface area (Å²) in [5.74, 6) is -0.276. The summed E-state index contributed by atoms with van der Waals surface area (Å²) in [6.07, 6.45) is 0. The molecule has 1 aromatic heterocycles. The number of nitrogens with zero attached hydrogens (tertiary/aromatic N) is 3. The minimum Gasteiger partial charge on any atom is -0.436 e. The SMILES string of the molecule is O=C(NC(=S)Nc1ccc2oc(-c3cc(Cl)ccc3Cl)nc2c1)c1ccc(N2CCOCC2)c([N+](=O)[O-])c1. The number of hydrogen-bond donors (Lipinski definition) is 2. The minimum absolute atomic E-state index is 0.0101. The fourth-order valence-corrected chi connectivity index (χ4v) is 4.58. The van der Waals surface area contributed by atoms with Gasteiger partial charge in [-0.2, -0.15) is 0 Å². The monoisotopic (exact) mass is 571 g/mol. The molecule has 2 N–H and O–H groups in total. The maximum Gasteiger partial charge on any atom is 0.293 e. The first-order valence-electron chi connectivity index (χ1n) is 11.4. The van der Waals surface area contributed by atoms with Crippen LogP contribution in [0.5, 0.6) is 0 Å². The second-order valence-corrected chi connectivity index (χ2v) is 9.55. The normalized spacial score (nSPS) is 13.4. The molecule has 10 nitrogen and oxygen atoms in total. The second kappa shape index (κ2) is 10.9. The third-order valence-electron chi connectivity index (χ3n) is 5.82. The fraction of sp³-hybridized carbons (Fsp3) is 0.160. The summed E-state index contributed by atoms with van der Waals surface area (Å²) in [4.78, 5) is 30.3. The van der Waals surface area contributed by atoms with Gasteiger partial charge < -0.3 is 19.4 Å². The van der Waals surface area contributed by atoms with E-state index in [1.54, 1.807) is 42.5 Å². The number of oxazole rings is 1. The molecule has 0 radical (unpaired) electrons. The number of amides is 1. The van der Waals surface area contributed by atoms with Crippen LogP contribution in [0.3, 0.4) is 0 Å². The predicted octanol–water partition coefficient (Wildman–Crippen LogP) is 5.67. The van der Waals surface area contributed by atoms with Crippen molar-refractivity contribution in [2.75, 3.05) is 36.5 Å². The molecule has 1 aliphatic heterocycles. The Kier molecular flexibility index (Phi) is 7.43. The molecule has 4 aromatic rings. The number of rotatable bonds is 5. The largest absolute Gasteiger partial charge is 0.436 e. The molecule has 0 atom stereocenters. The van der Waals surface area contributed by atoms with Crippen molar-refractivity contribution in [1.82, 2.24) is 10.3 Å². The maximum absolute atomic E-state index is 12.8. The quantitative estimate of drug-likeness (QED) is 0.177. The van der Waals surface area contributed by atoms with Crippen molar-refractivity contribution >= 4 is 74.6 Å². The van der Waals surface area contributed by atoms with E-state index in [9.17, 15) is 14.9 Å². The van der Waals surface area contributed by atoms with Crippen molar-refractivity contribution in [3.05, 3.63) is 80.3 Å². The standard InChI is InChI=1S/C25H19Cl2N5O5S/c26-15-2-4-18(27)17(12-15)24-29-19-13-16(3-6-22(19)37-24)28-25(38)30-23(33)14-1-5-20(21(11-14)32(34)35)31-7-9-36-10-8-31/h1-6,11-13H,7-10H2,(H2,28,30,33,38). The Balaban J connectivity index is 1.29. The summed E-state index contributed by atoms with van der Waals surface area (Å²) in [7, 11) is 0. The van der Waals surface area contributed by atoms with Crippen molar-refractivity contribution in [2.45, 2.75) is 0 Å². The molecule has 0 aliphatic carbocycles. The van der Waals surface area contributed by atoms with Gasteiger partial charge in [-0.3, -0.25) is 20.2 Å². The highest BCUT2D eigenvalue weighted by molar-refractivity contribution is 7.80. The second-order valence-electron chi connectivity index (χ2n) is 8.29. The Labute approximate surface area is 231 Å². The summed E-state index contributed by atoms with van der Waals surface area (Å²) in [6.45, 7) is 2.03. The summed E-state index contributed by atoms with van der Waals surface area (Å²) in [5, 5.41) is 18.1. The molecular formula is C25H19Cl2N5O5S. The third-order valence-corrected chi connectivity index (χ3v) is 6.59. The third kappa shape index (κ3) is 5.55. The van der Waals surface area contributed by atoms with Gasteiger partial charge in [0.15, 0.2) is 10.7 Å². The van der Waals surface area contributed by atoms with E-state index in [0.29, 0.717) is 70.3 Å². The average molecular weight is 572 g/mol. The van der Waals surface area contributed by atoms with Crippen LogP contribution in [0.2, 0.25) is 10.0 Å². The number of hydrogen-bond acceptors (Lipinski definition) is 8. The smallest absolute Gasteiger partial charge is 0.293 e. The Morgan fingerprint density at radius 3 is 2.63 bits per heavy atom. The zero-order valence-corrected chi connectivity index (χ0v) is 21.9. The fourth-order valence-electron chi connectivity index (χ4n) is 4.00. The van der Waals surface area contributed by atoms with Crippen molar-refractivity contribution in [3.8, 4) is 11.5 Å². The molecule has 1 aliphatic rings. The van der Waals surface area contributed by atoms with Crippen LogP contribution in [0.4, 0.5) is 17.1 Å². The van der Waals surface area contributed by atoms with Gasteiger partial charge in [-0.25, -0.2) is 4.98 Å². The molecule has 5 rings (SSSR count). The number of anilines is 2. The number of nitro groups is 1. The van der Waals surface area contributed by atoms with Crippen LogP contribution in [0.1, 0.15) is 10.4 Å². The first-order valence-corrected chi connectivity index (χ1v) is 12.5. The number of thiocarbonyl (C=S) groups is 1. The van der Waals surface area contributed by atoms with Gasteiger partial charge in [0.1, 0.15) is 11.2 Å². The summed E-state index contributed by atoms with van der Waals surface area (Å²) in [6, 6.07) is 14.4. The number of carbonyl (C=O) groups is 1. The molecule has 3 aromatic carbocycles. The van der Waals surface area contributed by atoms with E-state index in [0.717, 1.165) is 0 Å². The van der Waals surface area contributed by atoms with Crippen LogP contribution in [0, 0.1) is 10.1 Å². The van der Waals surface area contributed by atoms with Gasteiger partial charge >= 0.3 is 0 Å². The Morgan fingerprint density at radius 2 is 1.87 bits per heavy atom. The number of morpholine rings is 1. The van der Waals surface area contributed by atoms with Crippen molar-refractivity contribution in [1.29, 1.82) is 0 Å². The lowest BCUT2D eigenvalue weighted by Crippen LogP contribution is -2.37. The van der Waals surface area contributed by atoms with Gasteiger partial charge in [0.25, 0.3) is 11.6 Å². The van der Waals surface area contributed by atoms with Gasteiger partial charge in [0.2, 0.25) is 5.89 Å². The molecule has 2 heterocycles. The predicted molar refractivity (Wildman–Crippen MR) is 149 cm³/mol. The first kappa shape index (κ1) is 25.9. The van der Waals surface area contributed by atoms with Gasteiger partial charge in [0, 0.05) is 35.4 Å². The highest BCUT2D eigenvalue weighted by Gasteiger charge is 2.23. The number of fused-ring (bicyclic) bond motifs is 1. The zero-order chi connectivity index (χ0) is 26.8. The summed E-state index contributed by atoms with van der Waals surface area (Å²) < 4.78 is 11.1. The Bertz CT molecular complexity index is 1570. The van der Waals surface area contributed by atoms with Crippen molar-refractivity contribution in [2.24, 2.45) is 0 Å². The molecule has 1 fully saturated rings. The lowest BCUT2D eigenvalue weighted by molar-refractivity contribution is -0.384. The number of ether oxygens (including phenoxy) is 1. The number of aromatic nitrogens is 1. The van der Waals surface area contributed by atoms with Crippen LogP contribution in [-0.2, 0) is 4.74 Å². The van der Waals surface area contributed by atoms with Crippen LogP contribution in [0.15, 0.2) is 59.0 Å². The number of nitrogens with one attached hydrogen (secondary N) is 2. The van der Waals surface area contributed by atoms with E-state index in [-0.39, 0.29) is 16.4 Å². The number of nitro benzene ring substituents is 1. The molecule has 194 valence electrons. The molecule has 38 heavy (non-hydrogen) atoms. The molecule has 0 spiro atoms. The average Bonchev–Trinajstić information content (AvgIpc) is 3.33. The van der Waals surface area contributed by atoms with E-state index >= 15 is 0 Å². The van der Waals surface area contributed by atoms with E-state index in [2.05, 4.69) is 15.6 Å². The van der Waals surface area contributed by atoms with Crippen LogP contribution < -0.4 is 15.5 Å². The number of benzene rings is 3. The maximum atomic E-state index is 12.8. The lowest BCUT2D eigenvalue weighted by Gasteiger charge is -2.28. The molecule has 13 heteroatoms. The van der Waals surface area contributed by atoms with E-state index in [1.165, 1.54) is 12.1 Å². The van der Waals surface area contributed by atoms with Crippen LogP contribution in [0.25, 0.3) is 22.6 Å². The van der Waals surface area contributed by atoms with E-state index < -0.39 is 10.8 Å². The number of halogens is 2. The topological polar surface area (TPSA) is 123 Å². The van der Waals surface area contributed by atoms with Gasteiger partial charge in [-0.05, 0) is 60.7 Å². The van der Waals surface area contributed by atoms with E-state index in [1.807, 2.05) is 4.90 Å². The minimum atomic E-state index is -0.584. The molecular weight excluding hydrogens is 553 g/mol. The Morgan fingerprint density at radius 1 is 1.08 bits per heavy atom. The molecule has 1 saturated heterocycles. The summed E-state index contributed by atoms with van der Waals surface area (Å²) in [5.41, 5.74) is 2.54. The molecule has 0 saturated carbocycles. The first-order chi connectivity index (χ1) is 18.3. The molecule has 0 unspecified atom stereocenters. The lowest BCUT2D eigenvalue weighted by atomic mass is 10.1.